The van der Waals surface area contributed by atoms with Gasteiger partial charge < -0.3 is 9.80 Å². The normalized spacial score (nSPS) is 22.1. The van der Waals surface area contributed by atoms with Gasteiger partial charge in [0.2, 0.25) is 11.7 Å². The third-order valence-corrected chi connectivity index (χ3v) is 5.47. The van der Waals surface area contributed by atoms with E-state index in [9.17, 15) is 9.59 Å². The molecule has 0 radical (unpaired) electrons. The van der Waals surface area contributed by atoms with Gasteiger partial charge in [-0.25, -0.2) is 9.67 Å². The first kappa shape index (κ1) is 16.7. The summed E-state index contributed by atoms with van der Waals surface area (Å²) in [5.74, 6) is 0.401. The van der Waals surface area contributed by atoms with E-state index < -0.39 is 0 Å². The van der Waals surface area contributed by atoms with Crippen LogP contribution in [-0.4, -0.2) is 71.3 Å². The van der Waals surface area contributed by atoms with Gasteiger partial charge in [-0.1, -0.05) is 0 Å². The fraction of sp³-hybridized carbons (Fsp3) is 0.588. The van der Waals surface area contributed by atoms with E-state index in [-0.39, 0.29) is 23.9 Å². The van der Waals surface area contributed by atoms with Crippen molar-refractivity contribution in [1.29, 1.82) is 0 Å². The van der Waals surface area contributed by atoms with Gasteiger partial charge in [-0.15, -0.1) is 0 Å². The van der Waals surface area contributed by atoms with E-state index in [0.717, 1.165) is 18.5 Å². The van der Waals surface area contributed by atoms with Gasteiger partial charge >= 0.3 is 0 Å². The third-order valence-electron chi connectivity index (χ3n) is 5.47. The standard InChI is InChI=1S/C17H23N7O2/c1-3-24-16(18-11-20-24)17(26)23-10-13-4-5-14(23)9-22(13)15(25)8-12-6-7-19-21(12)2/h6-7,11,13-14H,3-5,8-10H2,1-2H3. The van der Waals surface area contributed by atoms with Crippen LogP contribution < -0.4 is 0 Å². The van der Waals surface area contributed by atoms with Crippen LogP contribution in [0.3, 0.4) is 0 Å². The van der Waals surface area contributed by atoms with Crippen LogP contribution in [-0.2, 0) is 24.8 Å². The van der Waals surface area contributed by atoms with Crippen molar-refractivity contribution >= 4 is 11.8 Å². The quantitative estimate of drug-likeness (QED) is 0.774. The Kier molecular flexibility index (Phi) is 4.21. The monoisotopic (exact) mass is 357 g/mol. The van der Waals surface area contributed by atoms with Gasteiger partial charge in [0.1, 0.15) is 6.33 Å². The number of carbonyl (C=O) groups excluding carboxylic acids is 2. The van der Waals surface area contributed by atoms with Crippen LogP contribution in [0.2, 0.25) is 0 Å². The minimum Gasteiger partial charge on any atom is -0.336 e. The zero-order valence-electron chi connectivity index (χ0n) is 15.1. The SMILES string of the molecule is CCn1ncnc1C(=O)N1CC2CCC1CN2C(=O)Cc1ccnn1C. The first-order valence-electron chi connectivity index (χ1n) is 9.03. The van der Waals surface area contributed by atoms with Crippen molar-refractivity contribution < 1.29 is 9.59 Å². The van der Waals surface area contributed by atoms with E-state index in [2.05, 4.69) is 15.2 Å². The Labute approximate surface area is 151 Å². The number of piperidine rings is 2. The molecular formula is C17H23N7O2. The van der Waals surface area contributed by atoms with Crippen LogP contribution in [0.1, 0.15) is 36.1 Å². The molecule has 2 amide bonds. The fourth-order valence-corrected chi connectivity index (χ4v) is 4.00. The Morgan fingerprint density at radius 2 is 1.88 bits per heavy atom. The lowest BCUT2D eigenvalue weighted by Crippen LogP contribution is -2.65. The molecule has 0 N–H and O–H groups in total. The van der Waals surface area contributed by atoms with Crippen LogP contribution in [0.4, 0.5) is 0 Å². The summed E-state index contributed by atoms with van der Waals surface area (Å²) in [7, 11) is 1.84. The maximum Gasteiger partial charge on any atom is 0.291 e. The summed E-state index contributed by atoms with van der Waals surface area (Å²) < 4.78 is 3.35. The summed E-state index contributed by atoms with van der Waals surface area (Å²) in [4.78, 5) is 33.6. The van der Waals surface area contributed by atoms with Crippen molar-refractivity contribution in [3.05, 3.63) is 30.1 Å². The summed E-state index contributed by atoms with van der Waals surface area (Å²) in [6.45, 7) is 3.70. The predicted octanol–water partition coefficient (Wildman–Crippen LogP) is 0.0896. The molecule has 0 spiro atoms. The number of hydrogen-bond acceptors (Lipinski definition) is 5. The molecule has 26 heavy (non-hydrogen) atoms. The first-order chi connectivity index (χ1) is 12.6. The van der Waals surface area contributed by atoms with E-state index in [1.807, 2.05) is 29.8 Å². The van der Waals surface area contributed by atoms with Gasteiger partial charge in [0.25, 0.3) is 5.91 Å². The molecule has 9 nitrogen and oxygen atoms in total. The summed E-state index contributed by atoms with van der Waals surface area (Å²) >= 11 is 0. The molecule has 3 aliphatic rings. The topological polar surface area (TPSA) is 89.2 Å². The second kappa shape index (κ2) is 6.54. The molecule has 2 atom stereocenters. The highest BCUT2D eigenvalue weighted by Gasteiger charge is 2.43. The molecule has 2 aromatic rings. The highest BCUT2D eigenvalue weighted by atomic mass is 16.2. The Morgan fingerprint density at radius 3 is 2.50 bits per heavy atom. The Bertz CT molecular complexity index is 827. The molecule has 9 heteroatoms. The lowest BCUT2D eigenvalue weighted by molar-refractivity contribution is -0.139. The minimum absolute atomic E-state index is 0.0463. The van der Waals surface area contributed by atoms with Crippen molar-refractivity contribution in [3.63, 3.8) is 0 Å². The Morgan fingerprint density at radius 1 is 1.15 bits per heavy atom. The van der Waals surface area contributed by atoms with E-state index in [4.69, 9.17) is 0 Å². The number of amides is 2. The molecule has 2 bridgehead atoms. The maximum atomic E-state index is 12.9. The minimum atomic E-state index is -0.0854. The lowest BCUT2D eigenvalue weighted by Gasteiger charge is -2.51. The predicted molar refractivity (Wildman–Crippen MR) is 92.2 cm³/mol. The number of aromatic nitrogens is 5. The lowest BCUT2D eigenvalue weighted by atomic mass is 9.90. The van der Waals surface area contributed by atoms with Gasteiger partial charge in [-0.2, -0.15) is 10.2 Å². The first-order valence-corrected chi connectivity index (χ1v) is 9.03. The average Bonchev–Trinajstić information content (AvgIpc) is 3.30. The van der Waals surface area contributed by atoms with E-state index in [0.29, 0.717) is 31.9 Å². The zero-order valence-corrected chi connectivity index (χ0v) is 15.1. The van der Waals surface area contributed by atoms with Gasteiger partial charge in [-0.3, -0.25) is 14.3 Å². The van der Waals surface area contributed by atoms with E-state index in [1.54, 1.807) is 15.6 Å². The van der Waals surface area contributed by atoms with Crippen LogP contribution in [0.25, 0.3) is 0 Å². The molecule has 0 aliphatic carbocycles. The second-order valence-electron chi connectivity index (χ2n) is 6.91. The molecule has 2 aromatic heterocycles. The zero-order chi connectivity index (χ0) is 18.3. The van der Waals surface area contributed by atoms with Gasteiger partial charge in [0.15, 0.2) is 0 Å². The third kappa shape index (κ3) is 2.77. The van der Waals surface area contributed by atoms with Crippen molar-refractivity contribution in [2.24, 2.45) is 7.05 Å². The van der Waals surface area contributed by atoms with Crippen LogP contribution in [0.5, 0.6) is 0 Å². The average molecular weight is 357 g/mol. The highest BCUT2D eigenvalue weighted by molar-refractivity contribution is 5.91. The Hall–Kier alpha value is -2.71. The number of aryl methyl sites for hydroxylation is 2. The summed E-state index contributed by atoms with van der Waals surface area (Å²) in [6, 6.07) is 1.99. The fourth-order valence-electron chi connectivity index (χ4n) is 4.00. The van der Waals surface area contributed by atoms with Gasteiger partial charge in [0.05, 0.1) is 6.42 Å². The van der Waals surface area contributed by atoms with E-state index in [1.165, 1.54) is 6.33 Å². The maximum absolute atomic E-state index is 12.9. The molecule has 5 rings (SSSR count). The number of nitrogens with zero attached hydrogens (tertiary/aromatic N) is 7. The summed E-state index contributed by atoms with van der Waals surface area (Å²) in [5, 5.41) is 8.21. The molecule has 5 heterocycles. The smallest absolute Gasteiger partial charge is 0.291 e. The van der Waals surface area contributed by atoms with Crippen LogP contribution in [0, 0.1) is 0 Å². The van der Waals surface area contributed by atoms with Crippen molar-refractivity contribution in [3.8, 4) is 0 Å². The molecule has 0 saturated carbocycles. The number of hydrogen-bond donors (Lipinski definition) is 0. The molecule has 0 aromatic carbocycles. The number of fused-ring (bicyclic) bond motifs is 3. The number of piperazine rings is 1. The van der Waals surface area contributed by atoms with Crippen LogP contribution in [0.15, 0.2) is 18.6 Å². The largest absolute Gasteiger partial charge is 0.336 e. The van der Waals surface area contributed by atoms with Crippen molar-refractivity contribution in [2.75, 3.05) is 13.1 Å². The van der Waals surface area contributed by atoms with Crippen LogP contribution >= 0.6 is 0 Å². The van der Waals surface area contributed by atoms with E-state index >= 15 is 0 Å². The molecule has 3 saturated heterocycles. The molecule has 2 unspecified atom stereocenters. The summed E-state index contributed by atoms with van der Waals surface area (Å²) in [6.07, 6.45) is 5.33. The molecule has 3 aliphatic heterocycles. The van der Waals surface area contributed by atoms with Crippen molar-refractivity contribution in [1.82, 2.24) is 34.3 Å². The number of rotatable bonds is 4. The van der Waals surface area contributed by atoms with Gasteiger partial charge in [-0.05, 0) is 25.8 Å². The second-order valence-corrected chi connectivity index (χ2v) is 6.91. The molecular weight excluding hydrogens is 334 g/mol. The highest BCUT2D eigenvalue weighted by Crippen LogP contribution is 2.30. The Balaban J connectivity index is 1.46. The van der Waals surface area contributed by atoms with Crippen molar-refractivity contribution in [2.45, 2.75) is 44.8 Å². The molecule has 138 valence electrons. The number of carbonyl (C=O) groups is 2. The summed E-state index contributed by atoms with van der Waals surface area (Å²) in [5.41, 5.74) is 0.903. The van der Waals surface area contributed by atoms with Gasteiger partial charge in [0, 0.05) is 50.7 Å². The molecule has 3 fully saturated rings.